The number of nitrogens with zero attached hydrogens (tertiary/aromatic N) is 5. The van der Waals surface area contributed by atoms with Crippen LogP contribution in [0.4, 0.5) is 4.79 Å². The van der Waals surface area contributed by atoms with Crippen LogP contribution in [0.15, 0.2) is 55.2 Å². The number of carbonyl (C=O) groups excluding carboxylic acids is 1. The number of amides is 2. The van der Waals surface area contributed by atoms with Gasteiger partial charge in [0.2, 0.25) is 0 Å². The first-order chi connectivity index (χ1) is 11.3. The highest BCUT2D eigenvalue weighted by atomic mass is 16.2. The second kappa shape index (κ2) is 7.12. The van der Waals surface area contributed by atoms with Crippen molar-refractivity contribution in [2.45, 2.75) is 13.1 Å². The van der Waals surface area contributed by atoms with E-state index < -0.39 is 0 Å². The number of rotatable bonds is 5. The molecule has 0 unspecified atom stereocenters. The van der Waals surface area contributed by atoms with E-state index >= 15 is 0 Å². The molecule has 0 atom stereocenters. The molecule has 3 aromatic heterocycles. The fourth-order valence-electron chi connectivity index (χ4n) is 1.92. The van der Waals surface area contributed by atoms with Crippen LogP contribution < -0.4 is 10.6 Å². The molecule has 0 spiro atoms. The summed E-state index contributed by atoms with van der Waals surface area (Å²) >= 11 is 0. The first-order valence-corrected chi connectivity index (χ1v) is 7.03. The summed E-state index contributed by atoms with van der Waals surface area (Å²) < 4.78 is 1.63. The third kappa shape index (κ3) is 4.10. The van der Waals surface area contributed by atoms with E-state index in [9.17, 15) is 4.79 Å². The minimum absolute atomic E-state index is 0.264. The molecule has 116 valence electrons. The number of carbonyl (C=O) groups is 1. The van der Waals surface area contributed by atoms with E-state index in [4.69, 9.17) is 0 Å². The average molecular weight is 309 g/mol. The summed E-state index contributed by atoms with van der Waals surface area (Å²) in [5, 5.41) is 13.5. The molecule has 0 aliphatic rings. The molecule has 2 amide bonds. The minimum atomic E-state index is -0.264. The van der Waals surface area contributed by atoms with E-state index in [1.54, 1.807) is 35.7 Å². The van der Waals surface area contributed by atoms with E-state index in [0.29, 0.717) is 18.8 Å². The van der Waals surface area contributed by atoms with Gasteiger partial charge in [-0.05, 0) is 29.8 Å². The molecule has 0 bridgehead atoms. The lowest BCUT2D eigenvalue weighted by Crippen LogP contribution is -2.34. The van der Waals surface area contributed by atoms with Crippen LogP contribution in [0.25, 0.3) is 5.69 Å². The van der Waals surface area contributed by atoms with Crippen LogP contribution in [0.1, 0.15) is 11.3 Å². The van der Waals surface area contributed by atoms with Crippen LogP contribution in [0.3, 0.4) is 0 Å². The van der Waals surface area contributed by atoms with Gasteiger partial charge < -0.3 is 10.6 Å². The first-order valence-electron chi connectivity index (χ1n) is 7.03. The Morgan fingerprint density at radius 3 is 2.35 bits per heavy atom. The molecule has 0 aliphatic carbocycles. The topological polar surface area (TPSA) is 97.6 Å². The zero-order chi connectivity index (χ0) is 15.9. The Bertz CT molecular complexity index is 758. The minimum Gasteiger partial charge on any atom is -0.334 e. The predicted octanol–water partition coefficient (Wildman–Crippen LogP) is 1.06. The highest BCUT2D eigenvalue weighted by Crippen LogP contribution is 2.04. The van der Waals surface area contributed by atoms with Crippen molar-refractivity contribution in [3.05, 3.63) is 66.5 Å². The van der Waals surface area contributed by atoms with Gasteiger partial charge in [-0.2, -0.15) is 0 Å². The maximum absolute atomic E-state index is 11.8. The molecule has 8 heteroatoms. The van der Waals surface area contributed by atoms with Crippen molar-refractivity contribution in [2.75, 3.05) is 0 Å². The Kier molecular flexibility index (Phi) is 4.53. The normalized spacial score (nSPS) is 10.3. The third-order valence-corrected chi connectivity index (χ3v) is 3.10. The second-order valence-electron chi connectivity index (χ2n) is 4.75. The number of pyridine rings is 2. The van der Waals surface area contributed by atoms with E-state index in [2.05, 4.69) is 30.9 Å². The first kappa shape index (κ1) is 14.6. The number of nitrogens with one attached hydrogen (secondary N) is 2. The number of urea groups is 1. The summed E-state index contributed by atoms with van der Waals surface area (Å²) in [6.45, 7) is 0.741. The molecule has 0 aliphatic heterocycles. The molecular formula is C15H15N7O. The van der Waals surface area contributed by atoms with Gasteiger partial charge >= 0.3 is 6.03 Å². The number of aromatic nitrogens is 5. The molecular weight excluding hydrogens is 294 g/mol. The van der Waals surface area contributed by atoms with Gasteiger partial charge in [0.1, 0.15) is 5.69 Å². The number of hydrogen-bond donors (Lipinski definition) is 2. The highest BCUT2D eigenvalue weighted by molar-refractivity contribution is 5.73. The van der Waals surface area contributed by atoms with Gasteiger partial charge in [-0.15, -0.1) is 5.10 Å². The maximum Gasteiger partial charge on any atom is 0.315 e. The van der Waals surface area contributed by atoms with Crippen LogP contribution in [0.2, 0.25) is 0 Å². The van der Waals surface area contributed by atoms with Crippen molar-refractivity contribution in [1.82, 2.24) is 35.6 Å². The quantitative estimate of drug-likeness (QED) is 0.734. The molecule has 0 fully saturated rings. The standard InChI is InChI=1S/C15H15N7O/c23-15(18-9-12-1-5-16-6-2-12)19-10-13-11-22(21-20-13)14-3-7-17-8-4-14/h1-8,11H,9-10H2,(H2,18,19,23). The Morgan fingerprint density at radius 1 is 0.957 bits per heavy atom. The Hall–Kier alpha value is -3.29. The molecule has 3 rings (SSSR count). The van der Waals surface area contributed by atoms with Crippen LogP contribution in [0, 0.1) is 0 Å². The van der Waals surface area contributed by atoms with Crippen molar-refractivity contribution >= 4 is 6.03 Å². The fourth-order valence-corrected chi connectivity index (χ4v) is 1.92. The summed E-state index contributed by atoms with van der Waals surface area (Å²) in [5.74, 6) is 0. The van der Waals surface area contributed by atoms with Gasteiger partial charge in [0.15, 0.2) is 0 Å². The van der Waals surface area contributed by atoms with Crippen molar-refractivity contribution in [3.8, 4) is 5.69 Å². The van der Waals surface area contributed by atoms with Crippen molar-refractivity contribution in [2.24, 2.45) is 0 Å². The lowest BCUT2D eigenvalue weighted by atomic mass is 10.3. The molecule has 8 nitrogen and oxygen atoms in total. The largest absolute Gasteiger partial charge is 0.334 e. The zero-order valence-electron chi connectivity index (χ0n) is 12.3. The molecule has 0 saturated carbocycles. The smallest absolute Gasteiger partial charge is 0.315 e. The van der Waals surface area contributed by atoms with E-state index in [-0.39, 0.29) is 6.03 Å². The van der Waals surface area contributed by atoms with Crippen molar-refractivity contribution in [3.63, 3.8) is 0 Å². The van der Waals surface area contributed by atoms with Crippen molar-refractivity contribution in [1.29, 1.82) is 0 Å². The molecule has 3 aromatic rings. The zero-order valence-corrected chi connectivity index (χ0v) is 12.3. The fraction of sp³-hybridized carbons (Fsp3) is 0.133. The van der Waals surface area contributed by atoms with Crippen LogP contribution in [0.5, 0.6) is 0 Å². The second-order valence-corrected chi connectivity index (χ2v) is 4.75. The Morgan fingerprint density at radius 2 is 1.61 bits per heavy atom. The summed E-state index contributed by atoms with van der Waals surface area (Å²) in [7, 11) is 0. The SMILES string of the molecule is O=C(NCc1ccncc1)NCc1cn(-c2ccncc2)nn1. The summed E-state index contributed by atoms with van der Waals surface area (Å²) in [4.78, 5) is 19.6. The third-order valence-electron chi connectivity index (χ3n) is 3.10. The van der Waals surface area contributed by atoms with E-state index in [0.717, 1.165) is 11.3 Å². The average Bonchev–Trinajstić information content (AvgIpc) is 3.09. The van der Waals surface area contributed by atoms with Crippen LogP contribution in [-0.2, 0) is 13.1 Å². The van der Waals surface area contributed by atoms with Crippen LogP contribution >= 0.6 is 0 Å². The van der Waals surface area contributed by atoms with E-state index in [1.807, 2.05) is 24.3 Å². The van der Waals surface area contributed by atoms with Gasteiger partial charge in [-0.25, -0.2) is 9.48 Å². The lowest BCUT2D eigenvalue weighted by Gasteiger charge is -2.06. The molecule has 0 aromatic carbocycles. The molecule has 0 radical (unpaired) electrons. The number of hydrogen-bond acceptors (Lipinski definition) is 5. The van der Waals surface area contributed by atoms with Gasteiger partial charge in [0.05, 0.1) is 18.4 Å². The Labute approximate surface area is 132 Å². The predicted molar refractivity (Wildman–Crippen MR) is 82.5 cm³/mol. The van der Waals surface area contributed by atoms with Gasteiger partial charge in [-0.3, -0.25) is 9.97 Å². The van der Waals surface area contributed by atoms with Gasteiger partial charge in [0, 0.05) is 31.3 Å². The molecule has 3 heterocycles. The monoisotopic (exact) mass is 309 g/mol. The maximum atomic E-state index is 11.8. The highest BCUT2D eigenvalue weighted by Gasteiger charge is 2.05. The molecule has 2 N–H and O–H groups in total. The summed E-state index contributed by atoms with van der Waals surface area (Å²) in [5.41, 5.74) is 2.51. The summed E-state index contributed by atoms with van der Waals surface area (Å²) in [6, 6.07) is 7.09. The Balaban J connectivity index is 1.49. The molecule has 23 heavy (non-hydrogen) atoms. The van der Waals surface area contributed by atoms with Crippen LogP contribution in [-0.4, -0.2) is 31.0 Å². The molecule has 0 saturated heterocycles. The van der Waals surface area contributed by atoms with Crippen molar-refractivity contribution < 1.29 is 4.79 Å². The summed E-state index contributed by atoms with van der Waals surface area (Å²) in [6.07, 6.45) is 8.50. The van der Waals surface area contributed by atoms with Gasteiger partial charge in [0.25, 0.3) is 0 Å². The van der Waals surface area contributed by atoms with E-state index in [1.165, 1.54) is 0 Å². The lowest BCUT2D eigenvalue weighted by molar-refractivity contribution is 0.240. The van der Waals surface area contributed by atoms with Gasteiger partial charge in [-0.1, -0.05) is 5.21 Å².